The second kappa shape index (κ2) is 11.6. The lowest BCUT2D eigenvalue weighted by Gasteiger charge is -2.22. The van der Waals surface area contributed by atoms with Gasteiger partial charge < -0.3 is 15.5 Å². The molecule has 204 valence electrons. The zero-order valence-electron chi connectivity index (χ0n) is 21.8. The number of amides is 2. The summed E-state index contributed by atoms with van der Waals surface area (Å²) >= 11 is 5.90. The van der Waals surface area contributed by atoms with E-state index < -0.39 is 0 Å². The molecule has 1 saturated heterocycles. The number of rotatable bonds is 10. The number of anilines is 1. The van der Waals surface area contributed by atoms with Crippen LogP contribution in [0.1, 0.15) is 48.7 Å². The van der Waals surface area contributed by atoms with Crippen LogP contribution in [0.15, 0.2) is 36.4 Å². The Morgan fingerprint density at radius 2 is 1.87 bits per heavy atom. The fraction of sp³-hybridized carbons (Fsp3) is 0.429. The quantitative estimate of drug-likeness (QED) is 0.293. The van der Waals surface area contributed by atoms with Gasteiger partial charge in [0.15, 0.2) is 5.78 Å². The van der Waals surface area contributed by atoms with Crippen molar-refractivity contribution < 1.29 is 19.2 Å². The minimum Gasteiger partial charge on any atom is -0.329 e. The van der Waals surface area contributed by atoms with Gasteiger partial charge in [-0.2, -0.15) is 5.10 Å². The average molecular weight is 551 g/mol. The van der Waals surface area contributed by atoms with E-state index in [1.54, 1.807) is 23.1 Å². The lowest BCUT2D eigenvalue weighted by molar-refractivity contribution is -0.135. The van der Waals surface area contributed by atoms with E-state index in [0.29, 0.717) is 23.1 Å². The van der Waals surface area contributed by atoms with Gasteiger partial charge in [-0.25, -0.2) is 4.98 Å². The van der Waals surface area contributed by atoms with Crippen molar-refractivity contribution in [2.45, 2.75) is 51.6 Å². The molecule has 39 heavy (non-hydrogen) atoms. The number of nitrogens with one attached hydrogen (secondary N) is 2. The summed E-state index contributed by atoms with van der Waals surface area (Å²) in [6.45, 7) is 2.89. The number of hydrogen-bond acceptors (Lipinski definition) is 7. The van der Waals surface area contributed by atoms with Gasteiger partial charge in [0.05, 0.1) is 5.52 Å². The Kier molecular flexibility index (Phi) is 8.04. The maximum absolute atomic E-state index is 13.4. The first-order chi connectivity index (χ1) is 18.8. The summed E-state index contributed by atoms with van der Waals surface area (Å²) < 4.78 is 1.51. The number of hydrogen-bond donors (Lipinski definition) is 2. The topological polar surface area (TPSA) is 126 Å². The molecule has 2 fully saturated rings. The summed E-state index contributed by atoms with van der Waals surface area (Å²) in [6.07, 6.45) is 3.62. The molecule has 3 heterocycles. The number of ketones is 2. The molecule has 0 atom stereocenters. The van der Waals surface area contributed by atoms with Gasteiger partial charge >= 0.3 is 0 Å². The first-order valence-electron chi connectivity index (χ1n) is 13.2. The van der Waals surface area contributed by atoms with Crippen molar-refractivity contribution in [2.75, 3.05) is 25.0 Å². The predicted molar refractivity (Wildman–Crippen MR) is 147 cm³/mol. The average Bonchev–Trinajstić information content (AvgIpc) is 3.69. The normalized spacial score (nSPS) is 15.7. The molecule has 11 heteroatoms. The van der Waals surface area contributed by atoms with Crippen LogP contribution in [0.4, 0.5) is 5.82 Å². The monoisotopic (exact) mass is 550 g/mol. The van der Waals surface area contributed by atoms with Gasteiger partial charge in [0, 0.05) is 30.7 Å². The van der Waals surface area contributed by atoms with E-state index in [2.05, 4.69) is 20.7 Å². The first kappa shape index (κ1) is 27.0. The van der Waals surface area contributed by atoms with Crippen LogP contribution in [-0.2, 0) is 27.3 Å². The number of halogens is 1. The number of carbonyl (C=O) groups excluding carboxylic acids is 4. The minimum absolute atomic E-state index is 0.0164. The fourth-order valence-electron chi connectivity index (χ4n) is 5.05. The molecule has 1 aliphatic carbocycles. The van der Waals surface area contributed by atoms with Crippen LogP contribution >= 0.6 is 11.6 Å². The predicted octanol–water partition coefficient (Wildman–Crippen LogP) is 3.03. The molecule has 3 aromatic rings. The molecular formula is C28H31ClN6O4. The van der Waals surface area contributed by atoms with E-state index in [1.807, 2.05) is 18.2 Å². The Hall–Kier alpha value is -3.63. The zero-order valence-corrected chi connectivity index (χ0v) is 22.5. The number of Topliss-reactive ketones (excluding diaryl/α,β-unsaturated/α-hetero) is 2. The second-order valence-electron chi connectivity index (χ2n) is 10.2. The third-order valence-electron chi connectivity index (χ3n) is 7.21. The fourth-order valence-corrected chi connectivity index (χ4v) is 5.21. The molecule has 0 spiro atoms. The molecule has 0 unspecified atom stereocenters. The van der Waals surface area contributed by atoms with Crippen LogP contribution in [-0.4, -0.2) is 68.7 Å². The van der Waals surface area contributed by atoms with Crippen LogP contribution in [0.5, 0.6) is 0 Å². The van der Waals surface area contributed by atoms with Crippen LogP contribution in [0, 0.1) is 5.92 Å². The lowest BCUT2D eigenvalue weighted by Crippen LogP contribution is -2.41. The van der Waals surface area contributed by atoms with Gasteiger partial charge in [-0.3, -0.25) is 23.9 Å². The molecule has 2 N–H and O–H groups in total. The Morgan fingerprint density at radius 1 is 1.10 bits per heavy atom. The summed E-state index contributed by atoms with van der Waals surface area (Å²) in [4.78, 5) is 56.9. The third-order valence-corrected chi connectivity index (χ3v) is 7.42. The van der Waals surface area contributed by atoms with Gasteiger partial charge in [-0.1, -0.05) is 23.7 Å². The summed E-state index contributed by atoms with van der Waals surface area (Å²) in [5.74, 6) is -0.294. The summed E-state index contributed by atoms with van der Waals surface area (Å²) in [7, 11) is 0. The third kappa shape index (κ3) is 6.51. The van der Waals surface area contributed by atoms with Gasteiger partial charge in [0.25, 0.3) is 0 Å². The molecule has 0 bridgehead atoms. The Labute approximate surface area is 231 Å². The summed E-state index contributed by atoms with van der Waals surface area (Å²) in [5.41, 5.74) is 1.72. The highest BCUT2D eigenvalue weighted by Gasteiger charge is 2.34. The van der Waals surface area contributed by atoms with Crippen molar-refractivity contribution in [3.8, 4) is 0 Å². The zero-order chi connectivity index (χ0) is 27.5. The van der Waals surface area contributed by atoms with E-state index in [0.717, 1.165) is 44.3 Å². The Bertz CT molecular complexity index is 1430. The van der Waals surface area contributed by atoms with Crippen molar-refractivity contribution >= 4 is 51.7 Å². The van der Waals surface area contributed by atoms with E-state index >= 15 is 0 Å². The number of piperidine rings is 1. The maximum atomic E-state index is 13.4. The Morgan fingerprint density at radius 3 is 2.56 bits per heavy atom. The summed E-state index contributed by atoms with van der Waals surface area (Å²) in [6, 6.07) is 10.4. The van der Waals surface area contributed by atoms with E-state index in [9.17, 15) is 19.2 Å². The van der Waals surface area contributed by atoms with Gasteiger partial charge in [-0.05, 0) is 68.6 Å². The molecule has 2 aromatic heterocycles. The molecule has 1 aromatic carbocycles. The molecule has 2 aliphatic rings. The number of benzene rings is 1. The highest BCUT2D eigenvalue weighted by Crippen LogP contribution is 2.28. The van der Waals surface area contributed by atoms with Crippen molar-refractivity contribution in [1.29, 1.82) is 0 Å². The van der Waals surface area contributed by atoms with Crippen LogP contribution in [0.3, 0.4) is 0 Å². The molecular weight excluding hydrogens is 520 g/mol. The molecule has 1 saturated carbocycles. The van der Waals surface area contributed by atoms with Crippen molar-refractivity contribution in [3.63, 3.8) is 0 Å². The van der Waals surface area contributed by atoms with Crippen LogP contribution < -0.4 is 10.6 Å². The largest absolute Gasteiger partial charge is 0.329 e. The first-order valence-corrected chi connectivity index (χ1v) is 13.6. The highest BCUT2D eigenvalue weighted by molar-refractivity contribution is 6.29. The van der Waals surface area contributed by atoms with Gasteiger partial charge in [-0.15, -0.1) is 0 Å². The van der Waals surface area contributed by atoms with Crippen LogP contribution in [0.2, 0.25) is 5.15 Å². The molecule has 5 rings (SSSR count). The number of aromatic nitrogens is 3. The van der Waals surface area contributed by atoms with Gasteiger partial charge in [0.2, 0.25) is 11.8 Å². The van der Waals surface area contributed by atoms with E-state index in [1.165, 1.54) is 11.6 Å². The molecule has 2 amide bonds. The van der Waals surface area contributed by atoms with Crippen LogP contribution in [0.25, 0.3) is 10.9 Å². The highest BCUT2D eigenvalue weighted by atomic mass is 35.5. The minimum atomic E-state index is -0.372. The number of pyridine rings is 1. The smallest absolute Gasteiger partial charge is 0.245 e. The summed E-state index contributed by atoms with van der Waals surface area (Å²) in [5, 5.41) is 11.3. The van der Waals surface area contributed by atoms with Gasteiger partial charge in [0.1, 0.15) is 35.5 Å². The second-order valence-corrected chi connectivity index (χ2v) is 10.6. The number of carbonyl (C=O) groups is 4. The molecule has 10 nitrogen and oxygen atoms in total. The maximum Gasteiger partial charge on any atom is 0.245 e. The lowest BCUT2D eigenvalue weighted by atomic mass is 9.90. The van der Waals surface area contributed by atoms with Crippen molar-refractivity contribution in [3.05, 3.63) is 52.8 Å². The number of nitrogens with zero attached hydrogens (tertiary/aromatic N) is 4. The SMILES string of the molecule is CC(=O)c1nn(CC(=O)N(CC(=O)Nc2cccc(Cl)n2)C2CC2)c2ccc(CC(=O)C3CCNCC3)cc12. The van der Waals surface area contributed by atoms with E-state index in [4.69, 9.17) is 11.6 Å². The van der Waals surface area contributed by atoms with E-state index in [-0.39, 0.29) is 59.3 Å². The molecule has 1 aliphatic heterocycles. The molecule has 0 radical (unpaired) electrons. The standard InChI is InChI=1S/C28H31ClN6O4/c1-17(36)28-21-13-18(14-23(37)19-9-11-30-12-10-19)5-8-22(21)35(33-28)16-27(39)34(20-6-7-20)15-26(38)32-25-4-2-3-24(29)31-25/h2-5,8,13,19-20,30H,6-7,9-12,14-16H2,1H3,(H,31,32,38). The number of fused-ring (bicyclic) bond motifs is 1. The van der Waals surface area contributed by atoms with Crippen molar-refractivity contribution in [2.24, 2.45) is 5.92 Å². The van der Waals surface area contributed by atoms with Crippen molar-refractivity contribution in [1.82, 2.24) is 25.0 Å². The Balaban J connectivity index is 1.31.